The fourth-order valence-corrected chi connectivity index (χ4v) is 3.28. The molecule has 136 valence electrons. The van der Waals surface area contributed by atoms with Crippen LogP contribution in [0.5, 0.6) is 0 Å². The SMILES string of the molecule is Cc1cccc(Cc2cc(CO)nn2-c2ccc(S(N)(=O)=O)cc2F)c1. The van der Waals surface area contributed by atoms with Crippen LogP contribution in [-0.4, -0.2) is 23.3 Å². The van der Waals surface area contributed by atoms with Crippen LogP contribution in [0.1, 0.15) is 22.5 Å². The molecule has 3 rings (SSSR count). The van der Waals surface area contributed by atoms with E-state index in [0.29, 0.717) is 17.8 Å². The topological polar surface area (TPSA) is 98.2 Å². The first-order valence-electron chi connectivity index (χ1n) is 7.85. The van der Waals surface area contributed by atoms with Gasteiger partial charge in [0.05, 0.1) is 17.2 Å². The average molecular weight is 375 g/mol. The Morgan fingerprint density at radius 1 is 1.19 bits per heavy atom. The minimum Gasteiger partial charge on any atom is -0.390 e. The molecular weight excluding hydrogens is 357 g/mol. The molecule has 3 N–H and O–H groups in total. The summed E-state index contributed by atoms with van der Waals surface area (Å²) in [5.74, 6) is -0.769. The van der Waals surface area contributed by atoms with Gasteiger partial charge in [-0.1, -0.05) is 29.8 Å². The van der Waals surface area contributed by atoms with Crippen LogP contribution in [0.15, 0.2) is 53.4 Å². The lowest BCUT2D eigenvalue weighted by molar-refractivity contribution is 0.276. The second-order valence-electron chi connectivity index (χ2n) is 6.02. The smallest absolute Gasteiger partial charge is 0.238 e. The van der Waals surface area contributed by atoms with Crippen molar-refractivity contribution in [2.24, 2.45) is 5.14 Å². The predicted molar refractivity (Wildman–Crippen MR) is 94.8 cm³/mol. The van der Waals surface area contributed by atoms with E-state index in [1.165, 1.54) is 16.8 Å². The van der Waals surface area contributed by atoms with Gasteiger partial charge in [-0.25, -0.2) is 22.6 Å². The van der Waals surface area contributed by atoms with E-state index in [1.807, 2.05) is 31.2 Å². The summed E-state index contributed by atoms with van der Waals surface area (Å²) in [6.45, 7) is 1.69. The highest BCUT2D eigenvalue weighted by molar-refractivity contribution is 7.89. The van der Waals surface area contributed by atoms with E-state index in [9.17, 15) is 17.9 Å². The number of halogens is 1. The highest BCUT2D eigenvalue weighted by Gasteiger charge is 2.16. The zero-order valence-electron chi connectivity index (χ0n) is 14.1. The lowest BCUT2D eigenvalue weighted by atomic mass is 10.1. The van der Waals surface area contributed by atoms with Crippen molar-refractivity contribution < 1.29 is 17.9 Å². The molecule has 0 aliphatic heterocycles. The average Bonchev–Trinajstić information content (AvgIpc) is 2.96. The van der Waals surface area contributed by atoms with Crippen LogP contribution < -0.4 is 5.14 Å². The van der Waals surface area contributed by atoms with Crippen molar-refractivity contribution in [2.75, 3.05) is 0 Å². The van der Waals surface area contributed by atoms with Crippen LogP contribution in [0.3, 0.4) is 0 Å². The maximum Gasteiger partial charge on any atom is 0.238 e. The molecule has 2 aromatic carbocycles. The number of aliphatic hydroxyl groups is 1. The van der Waals surface area contributed by atoms with Gasteiger partial charge in [-0.05, 0) is 36.8 Å². The van der Waals surface area contributed by atoms with Crippen LogP contribution in [-0.2, 0) is 23.1 Å². The number of primary sulfonamides is 1. The third-order valence-electron chi connectivity index (χ3n) is 3.94. The predicted octanol–water partition coefficient (Wildman–Crippen LogP) is 2.05. The second-order valence-corrected chi connectivity index (χ2v) is 7.58. The van der Waals surface area contributed by atoms with Crippen LogP contribution in [0.25, 0.3) is 5.69 Å². The van der Waals surface area contributed by atoms with Gasteiger partial charge in [-0.3, -0.25) is 0 Å². The minimum atomic E-state index is -4.00. The molecule has 26 heavy (non-hydrogen) atoms. The molecular formula is C18H18FN3O3S. The zero-order chi connectivity index (χ0) is 18.9. The highest BCUT2D eigenvalue weighted by atomic mass is 32.2. The molecule has 0 aliphatic rings. The molecule has 0 radical (unpaired) electrons. The lowest BCUT2D eigenvalue weighted by Gasteiger charge is -2.10. The summed E-state index contributed by atoms with van der Waals surface area (Å²) in [6.07, 6.45) is 0.477. The van der Waals surface area contributed by atoms with Gasteiger partial charge in [0.15, 0.2) is 0 Å². The summed E-state index contributed by atoms with van der Waals surface area (Å²) in [6, 6.07) is 13.0. The van der Waals surface area contributed by atoms with E-state index in [1.54, 1.807) is 6.07 Å². The van der Waals surface area contributed by atoms with E-state index in [0.717, 1.165) is 17.2 Å². The van der Waals surface area contributed by atoms with Crippen LogP contribution >= 0.6 is 0 Å². The fraction of sp³-hybridized carbons (Fsp3) is 0.167. The van der Waals surface area contributed by atoms with Crippen LogP contribution in [0, 0.1) is 12.7 Å². The summed E-state index contributed by atoms with van der Waals surface area (Å²) >= 11 is 0. The zero-order valence-corrected chi connectivity index (χ0v) is 14.9. The summed E-state index contributed by atoms with van der Waals surface area (Å²) in [4.78, 5) is -0.312. The first-order chi connectivity index (χ1) is 12.3. The number of sulfonamides is 1. The number of aromatic nitrogens is 2. The molecule has 0 saturated carbocycles. The largest absolute Gasteiger partial charge is 0.390 e. The Balaban J connectivity index is 2.06. The number of nitrogens with two attached hydrogens (primary N) is 1. The Hall–Kier alpha value is -2.55. The van der Waals surface area contributed by atoms with Crippen molar-refractivity contribution in [3.8, 4) is 5.69 Å². The third-order valence-corrected chi connectivity index (χ3v) is 4.85. The van der Waals surface area contributed by atoms with Gasteiger partial charge in [0.1, 0.15) is 11.5 Å². The molecule has 6 nitrogen and oxygen atoms in total. The van der Waals surface area contributed by atoms with Crippen molar-refractivity contribution in [3.05, 3.63) is 76.9 Å². The maximum absolute atomic E-state index is 14.5. The molecule has 0 atom stereocenters. The molecule has 0 saturated heterocycles. The molecule has 0 aliphatic carbocycles. The van der Waals surface area contributed by atoms with Gasteiger partial charge in [0, 0.05) is 12.1 Å². The van der Waals surface area contributed by atoms with E-state index >= 15 is 0 Å². The fourth-order valence-electron chi connectivity index (χ4n) is 2.75. The van der Waals surface area contributed by atoms with Gasteiger partial charge in [-0.15, -0.1) is 0 Å². The number of benzene rings is 2. The quantitative estimate of drug-likeness (QED) is 0.713. The number of hydrogen-bond donors (Lipinski definition) is 2. The van der Waals surface area contributed by atoms with Gasteiger partial charge in [0.25, 0.3) is 0 Å². The van der Waals surface area contributed by atoms with Crippen molar-refractivity contribution in [1.82, 2.24) is 9.78 Å². The van der Waals surface area contributed by atoms with Gasteiger partial charge in [0.2, 0.25) is 10.0 Å². The standard InChI is InChI=1S/C18H18FN3O3S/c1-12-3-2-4-13(7-12)8-15-9-14(11-23)21-22(15)18-6-5-16(10-17(18)19)26(20,24)25/h2-7,9-10,23H,8,11H2,1H3,(H2,20,24,25). The van der Waals surface area contributed by atoms with E-state index < -0.39 is 15.8 Å². The Morgan fingerprint density at radius 2 is 1.96 bits per heavy atom. The molecule has 0 unspecified atom stereocenters. The molecule has 0 amide bonds. The molecule has 0 fully saturated rings. The molecule has 0 bridgehead atoms. The minimum absolute atomic E-state index is 0.0831. The van der Waals surface area contributed by atoms with E-state index in [-0.39, 0.29) is 17.2 Å². The van der Waals surface area contributed by atoms with Crippen molar-refractivity contribution in [2.45, 2.75) is 24.8 Å². The molecule has 1 heterocycles. The molecule has 8 heteroatoms. The van der Waals surface area contributed by atoms with E-state index in [2.05, 4.69) is 5.10 Å². The number of rotatable bonds is 5. The number of aliphatic hydroxyl groups excluding tert-OH is 1. The number of hydrogen-bond acceptors (Lipinski definition) is 4. The van der Waals surface area contributed by atoms with Crippen molar-refractivity contribution in [1.29, 1.82) is 0 Å². The van der Waals surface area contributed by atoms with Gasteiger partial charge in [-0.2, -0.15) is 5.10 Å². The number of aryl methyl sites for hydroxylation is 1. The first kappa shape index (κ1) is 18.2. The highest BCUT2D eigenvalue weighted by Crippen LogP contribution is 2.22. The molecule has 0 spiro atoms. The number of nitrogens with zero attached hydrogens (tertiary/aromatic N) is 2. The summed E-state index contributed by atoms with van der Waals surface area (Å²) < 4.78 is 38.6. The van der Waals surface area contributed by atoms with Gasteiger partial charge >= 0.3 is 0 Å². The maximum atomic E-state index is 14.5. The Morgan fingerprint density at radius 3 is 2.58 bits per heavy atom. The Kier molecular flexibility index (Phi) is 4.90. The summed E-state index contributed by atoms with van der Waals surface area (Å²) in [7, 11) is -4.00. The summed E-state index contributed by atoms with van der Waals surface area (Å²) in [5.41, 5.74) is 3.25. The van der Waals surface area contributed by atoms with Crippen LogP contribution in [0.2, 0.25) is 0 Å². The normalized spacial score (nSPS) is 11.7. The lowest BCUT2D eigenvalue weighted by Crippen LogP contribution is -2.13. The second kappa shape index (κ2) is 6.99. The summed E-state index contributed by atoms with van der Waals surface area (Å²) in [5, 5.41) is 18.6. The van der Waals surface area contributed by atoms with Gasteiger partial charge < -0.3 is 5.11 Å². The Labute approximate surface area is 150 Å². The van der Waals surface area contributed by atoms with E-state index in [4.69, 9.17) is 5.14 Å². The molecule has 1 aromatic heterocycles. The third kappa shape index (κ3) is 3.82. The van der Waals surface area contributed by atoms with Crippen molar-refractivity contribution >= 4 is 10.0 Å². The first-order valence-corrected chi connectivity index (χ1v) is 9.39. The Bertz CT molecular complexity index is 1060. The monoisotopic (exact) mass is 375 g/mol. The van der Waals surface area contributed by atoms with Crippen molar-refractivity contribution in [3.63, 3.8) is 0 Å². The molecule has 3 aromatic rings. The van der Waals surface area contributed by atoms with Crippen LogP contribution in [0.4, 0.5) is 4.39 Å².